The zero-order valence-electron chi connectivity index (χ0n) is 13.8. The van der Waals surface area contributed by atoms with Crippen molar-refractivity contribution in [1.82, 2.24) is 4.90 Å². The molecule has 3 atom stereocenters. The van der Waals surface area contributed by atoms with Crippen LogP contribution in [0, 0.1) is 0 Å². The second-order valence-corrected chi connectivity index (χ2v) is 6.17. The standard InChI is InChI=1S/C19H23N3O.ClH/c1-14(19(23)21-16-10-6-3-7-11-16)22-12-17(18(20)13-22)15-8-4-2-5-9-15;/h2-11,14,17-18H,12-13,20H2,1H3,(H,21,23);1H/t14?,17-,18+;/m0./s1. The molecule has 0 saturated carbocycles. The highest BCUT2D eigenvalue weighted by atomic mass is 35.5. The number of likely N-dealkylation sites (tertiary alicyclic amines) is 1. The van der Waals surface area contributed by atoms with Gasteiger partial charge in [0.1, 0.15) is 0 Å². The Labute approximate surface area is 149 Å². The number of hydrogen-bond donors (Lipinski definition) is 2. The number of hydrogen-bond acceptors (Lipinski definition) is 3. The van der Waals surface area contributed by atoms with Gasteiger partial charge < -0.3 is 11.1 Å². The molecule has 1 aliphatic rings. The van der Waals surface area contributed by atoms with Gasteiger partial charge in [0.05, 0.1) is 6.04 Å². The molecule has 0 aromatic heterocycles. The fourth-order valence-electron chi connectivity index (χ4n) is 3.16. The van der Waals surface area contributed by atoms with Crippen molar-refractivity contribution in [3.8, 4) is 0 Å². The van der Waals surface area contributed by atoms with E-state index in [0.717, 1.165) is 18.8 Å². The van der Waals surface area contributed by atoms with Crippen molar-refractivity contribution in [2.24, 2.45) is 5.73 Å². The summed E-state index contributed by atoms with van der Waals surface area (Å²) >= 11 is 0. The lowest BCUT2D eigenvalue weighted by molar-refractivity contribution is -0.120. The number of rotatable bonds is 4. The number of amides is 1. The lowest BCUT2D eigenvalue weighted by atomic mass is 9.95. The van der Waals surface area contributed by atoms with Gasteiger partial charge in [-0.15, -0.1) is 12.4 Å². The maximum Gasteiger partial charge on any atom is 0.241 e. The molecule has 1 saturated heterocycles. The Balaban J connectivity index is 0.00000208. The summed E-state index contributed by atoms with van der Waals surface area (Å²) in [6.07, 6.45) is 0. The Hall–Kier alpha value is -1.88. The average molecular weight is 346 g/mol. The summed E-state index contributed by atoms with van der Waals surface area (Å²) in [6.45, 7) is 3.50. The second kappa shape index (κ2) is 8.29. The molecule has 24 heavy (non-hydrogen) atoms. The second-order valence-electron chi connectivity index (χ2n) is 6.17. The normalized spacial score (nSPS) is 21.8. The number of para-hydroxylation sites is 1. The van der Waals surface area contributed by atoms with E-state index >= 15 is 0 Å². The molecule has 1 aliphatic heterocycles. The van der Waals surface area contributed by atoms with Crippen LogP contribution < -0.4 is 11.1 Å². The third kappa shape index (κ3) is 4.15. The molecule has 3 rings (SSSR count). The molecule has 3 N–H and O–H groups in total. The van der Waals surface area contributed by atoms with Gasteiger partial charge in [-0.25, -0.2) is 0 Å². The largest absolute Gasteiger partial charge is 0.326 e. The van der Waals surface area contributed by atoms with Crippen molar-refractivity contribution < 1.29 is 4.79 Å². The zero-order chi connectivity index (χ0) is 16.2. The number of nitrogens with zero attached hydrogens (tertiary/aromatic N) is 1. The maximum atomic E-state index is 12.5. The zero-order valence-corrected chi connectivity index (χ0v) is 14.6. The van der Waals surface area contributed by atoms with E-state index in [9.17, 15) is 4.79 Å². The molecule has 1 heterocycles. The van der Waals surface area contributed by atoms with Crippen molar-refractivity contribution in [3.63, 3.8) is 0 Å². The highest BCUT2D eigenvalue weighted by molar-refractivity contribution is 5.94. The number of carbonyl (C=O) groups is 1. The first-order chi connectivity index (χ1) is 11.1. The predicted octanol–water partition coefficient (Wildman–Crippen LogP) is 2.86. The van der Waals surface area contributed by atoms with Gasteiger partial charge in [-0.05, 0) is 24.6 Å². The lowest BCUT2D eigenvalue weighted by Gasteiger charge is -2.23. The van der Waals surface area contributed by atoms with Crippen molar-refractivity contribution in [2.75, 3.05) is 18.4 Å². The molecular weight excluding hydrogens is 322 g/mol. The molecule has 1 fully saturated rings. The topological polar surface area (TPSA) is 58.4 Å². The lowest BCUT2D eigenvalue weighted by Crippen LogP contribution is -2.41. The van der Waals surface area contributed by atoms with Crippen LogP contribution in [0.3, 0.4) is 0 Å². The number of nitrogens with one attached hydrogen (secondary N) is 1. The number of carbonyl (C=O) groups excluding carboxylic acids is 1. The number of nitrogens with two attached hydrogens (primary N) is 1. The summed E-state index contributed by atoms with van der Waals surface area (Å²) in [5.41, 5.74) is 8.39. The van der Waals surface area contributed by atoms with Gasteiger partial charge in [-0.2, -0.15) is 0 Å². The molecule has 1 unspecified atom stereocenters. The highest BCUT2D eigenvalue weighted by Gasteiger charge is 2.35. The monoisotopic (exact) mass is 345 g/mol. The van der Waals surface area contributed by atoms with Gasteiger partial charge in [0.15, 0.2) is 0 Å². The van der Waals surface area contributed by atoms with Crippen molar-refractivity contribution in [2.45, 2.75) is 24.9 Å². The first kappa shape index (κ1) is 18.5. The maximum absolute atomic E-state index is 12.5. The molecule has 0 aliphatic carbocycles. The Morgan fingerprint density at radius 1 is 1.08 bits per heavy atom. The van der Waals surface area contributed by atoms with Crippen LogP contribution >= 0.6 is 12.4 Å². The van der Waals surface area contributed by atoms with Gasteiger partial charge in [0.25, 0.3) is 0 Å². The Morgan fingerprint density at radius 2 is 1.67 bits per heavy atom. The minimum atomic E-state index is -0.199. The summed E-state index contributed by atoms with van der Waals surface area (Å²) in [5, 5.41) is 2.97. The summed E-state index contributed by atoms with van der Waals surface area (Å²) in [7, 11) is 0. The van der Waals surface area contributed by atoms with E-state index in [1.54, 1.807) is 0 Å². The van der Waals surface area contributed by atoms with E-state index in [1.165, 1.54) is 5.56 Å². The van der Waals surface area contributed by atoms with E-state index in [4.69, 9.17) is 5.73 Å². The molecule has 5 heteroatoms. The van der Waals surface area contributed by atoms with Crippen LogP contribution in [-0.2, 0) is 4.79 Å². The van der Waals surface area contributed by atoms with Gasteiger partial charge in [0, 0.05) is 30.7 Å². The number of benzene rings is 2. The van der Waals surface area contributed by atoms with E-state index in [-0.39, 0.29) is 36.3 Å². The molecule has 0 radical (unpaired) electrons. The molecular formula is C19H24ClN3O. The fourth-order valence-corrected chi connectivity index (χ4v) is 3.16. The summed E-state index contributed by atoms with van der Waals surface area (Å²) in [5.74, 6) is 0.292. The fraction of sp³-hybridized carbons (Fsp3) is 0.316. The third-order valence-electron chi connectivity index (χ3n) is 4.59. The summed E-state index contributed by atoms with van der Waals surface area (Å²) in [4.78, 5) is 14.6. The first-order valence-corrected chi connectivity index (χ1v) is 8.05. The summed E-state index contributed by atoms with van der Waals surface area (Å²) < 4.78 is 0. The van der Waals surface area contributed by atoms with Crippen LogP contribution in [0.1, 0.15) is 18.4 Å². The van der Waals surface area contributed by atoms with E-state index in [0.29, 0.717) is 0 Å². The van der Waals surface area contributed by atoms with Crippen molar-refractivity contribution >= 4 is 24.0 Å². The van der Waals surface area contributed by atoms with Gasteiger partial charge in [0.2, 0.25) is 5.91 Å². The number of halogens is 1. The van der Waals surface area contributed by atoms with Gasteiger partial charge >= 0.3 is 0 Å². The van der Waals surface area contributed by atoms with Crippen LogP contribution in [0.4, 0.5) is 5.69 Å². The molecule has 1 amide bonds. The molecule has 0 spiro atoms. The van der Waals surface area contributed by atoms with Crippen LogP contribution in [-0.4, -0.2) is 36.0 Å². The molecule has 4 nitrogen and oxygen atoms in total. The van der Waals surface area contributed by atoms with E-state index in [1.807, 2.05) is 55.5 Å². The minimum Gasteiger partial charge on any atom is -0.326 e. The smallest absolute Gasteiger partial charge is 0.241 e. The SMILES string of the molecule is CC(C(=O)Nc1ccccc1)N1C[C@@H](N)[C@H](c2ccccc2)C1.Cl. The van der Waals surface area contributed by atoms with Crippen LogP contribution in [0.25, 0.3) is 0 Å². The van der Waals surface area contributed by atoms with Gasteiger partial charge in [-0.3, -0.25) is 9.69 Å². The van der Waals surface area contributed by atoms with Crippen molar-refractivity contribution in [1.29, 1.82) is 0 Å². The Bertz CT molecular complexity index is 650. The minimum absolute atomic E-state index is 0. The molecule has 0 bridgehead atoms. The van der Waals surface area contributed by atoms with Crippen LogP contribution in [0.15, 0.2) is 60.7 Å². The Morgan fingerprint density at radius 3 is 2.29 bits per heavy atom. The van der Waals surface area contributed by atoms with Crippen LogP contribution in [0.5, 0.6) is 0 Å². The molecule has 128 valence electrons. The van der Waals surface area contributed by atoms with E-state index < -0.39 is 0 Å². The first-order valence-electron chi connectivity index (χ1n) is 8.05. The summed E-state index contributed by atoms with van der Waals surface area (Å²) in [6, 6.07) is 19.7. The highest BCUT2D eigenvalue weighted by Crippen LogP contribution is 2.27. The molecule has 2 aromatic carbocycles. The third-order valence-corrected chi connectivity index (χ3v) is 4.59. The quantitative estimate of drug-likeness (QED) is 0.895. The average Bonchev–Trinajstić information content (AvgIpc) is 2.97. The predicted molar refractivity (Wildman–Crippen MR) is 101 cm³/mol. The van der Waals surface area contributed by atoms with E-state index in [2.05, 4.69) is 22.3 Å². The van der Waals surface area contributed by atoms with Crippen molar-refractivity contribution in [3.05, 3.63) is 66.2 Å². The van der Waals surface area contributed by atoms with Gasteiger partial charge in [-0.1, -0.05) is 48.5 Å². The van der Waals surface area contributed by atoms with Crippen LogP contribution in [0.2, 0.25) is 0 Å². The number of anilines is 1. The molecule has 2 aromatic rings. The Kier molecular flexibility index (Phi) is 6.37.